The summed E-state index contributed by atoms with van der Waals surface area (Å²) >= 11 is 0. The molecule has 2 aromatic carbocycles. The highest BCUT2D eigenvalue weighted by atomic mass is 16.5. The summed E-state index contributed by atoms with van der Waals surface area (Å²) in [4.78, 5) is 0. The Labute approximate surface area is 121 Å². The van der Waals surface area contributed by atoms with E-state index in [-0.39, 0.29) is 6.10 Å². The second-order valence-electron chi connectivity index (χ2n) is 5.35. The molecule has 0 bridgehead atoms. The maximum absolute atomic E-state index is 10.5. The average Bonchev–Trinajstić information content (AvgIpc) is 2.41. The zero-order chi connectivity index (χ0) is 14.5. The van der Waals surface area contributed by atoms with Crippen LogP contribution in [-0.2, 0) is 6.42 Å². The third-order valence-corrected chi connectivity index (χ3v) is 3.32. The number of aliphatic hydroxyl groups excluding tert-OH is 1. The molecule has 0 aliphatic carbocycles. The van der Waals surface area contributed by atoms with E-state index >= 15 is 0 Å². The molecule has 0 spiro atoms. The second kappa shape index (κ2) is 6.58. The molecule has 2 rings (SSSR count). The molecular weight excluding hydrogens is 248 g/mol. The molecular formula is C18H22O2. The molecule has 1 atom stereocenters. The molecule has 20 heavy (non-hydrogen) atoms. The molecule has 0 radical (unpaired) electrons. The van der Waals surface area contributed by atoms with Gasteiger partial charge in [0.05, 0.1) is 12.2 Å². The normalized spacial score (nSPS) is 12.4. The minimum absolute atomic E-state index is 0.0989. The maximum Gasteiger partial charge on any atom is 0.125 e. The van der Waals surface area contributed by atoms with Gasteiger partial charge in [0.2, 0.25) is 0 Å². The number of aryl methyl sites for hydroxylation is 1. The molecule has 0 saturated carbocycles. The topological polar surface area (TPSA) is 29.5 Å². The standard InChI is InChI=1S/C18H22O2/c1-13(2)20-18-11-7-6-10-16(18)17(19)12-15-9-5-4-8-14(15)3/h4-11,13,17,19H,12H2,1-3H3. The van der Waals surface area contributed by atoms with Gasteiger partial charge < -0.3 is 9.84 Å². The zero-order valence-electron chi connectivity index (χ0n) is 12.3. The molecule has 106 valence electrons. The van der Waals surface area contributed by atoms with Crippen LogP contribution >= 0.6 is 0 Å². The number of hydrogen-bond donors (Lipinski definition) is 1. The first-order valence-corrected chi connectivity index (χ1v) is 7.06. The van der Waals surface area contributed by atoms with E-state index in [1.807, 2.05) is 50.2 Å². The van der Waals surface area contributed by atoms with Crippen molar-refractivity contribution < 1.29 is 9.84 Å². The van der Waals surface area contributed by atoms with Crippen LogP contribution < -0.4 is 4.74 Å². The van der Waals surface area contributed by atoms with Gasteiger partial charge in [-0.1, -0.05) is 42.5 Å². The third-order valence-electron chi connectivity index (χ3n) is 3.32. The van der Waals surface area contributed by atoms with E-state index in [2.05, 4.69) is 19.1 Å². The molecule has 0 fully saturated rings. The van der Waals surface area contributed by atoms with Crippen LogP contribution in [0.2, 0.25) is 0 Å². The molecule has 1 unspecified atom stereocenters. The third kappa shape index (κ3) is 3.61. The van der Waals surface area contributed by atoms with Crippen molar-refractivity contribution in [3.8, 4) is 5.75 Å². The van der Waals surface area contributed by atoms with Gasteiger partial charge >= 0.3 is 0 Å². The fourth-order valence-electron chi connectivity index (χ4n) is 2.27. The van der Waals surface area contributed by atoms with E-state index in [1.54, 1.807) is 0 Å². The van der Waals surface area contributed by atoms with Crippen molar-refractivity contribution >= 4 is 0 Å². The lowest BCUT2D eigenvalue weighted by Crippen LogP contribution is -2.10. The maximum atomic E-state index is 10.5. The lowest BCUT2D eigenvalue weighted by atomic mass is 9.97. The van der Waals surface area contributed by atoms with Crippen LogP contribution in [0.3, 0.4) is 0 Å². The Bertz CT molecular complexity index is 561. The summed E-state index contributed by atoms with van der Waals surface area (Å²) in [6.45, 7) is 6.05. The van der Waals surface area contributed by atoms with E-state index in [4.69, 9.17) is 4.74 Å². The highest BCUT2D eigenvalue weighted by molar-refractivity contribution is 5.37. The van der Waals surface area contributed by atoms with Gasteiger partial charge in [-0.3, -0.25) is 0 Å². The van der Waals surface area contributed by atoms with Gasteiger partial charge in [-0.05, 0) is 38.0 Å². The highest BCUT2D eigenvalue weighted by Crippen LogP contribution is 2.28. The Morgan fingerprint density at radius 1 is 1.00 bits per heavy atom. The molecule has 0 amide bonds. The summed E-state index contributed by atoms with van der Waals surface area (Å²) < 4.78 is 5.77. The minimum atomic E-state index is -0.550. The molecule has 0 aliphatic heterocycles. The number of ether oxygens (including phenoxy) is 1. The van der Waals surface area contributed by atoms with Crippen molar-refractivity contribution in [2.45, 2.75) is 39.4 Å². The molecule has 2 heteroatoms. The van der Waals surface area contributed by atoms with Crippen molar-refractivity contribution in [1.82, 2.24) is 0 Å². The predicted octanol–water partition coefficient (Wildman–Crippen LogP) is 4.06. The van der Waals surface area contributed by atoms with Crippen LogP contribution in [0.5, 0.6) is 5.75 Å². The Hall–Kier alpha value is -1.80. The summed E-state index contributed by atoms with van der Waals surface area (Å²) in [6, 6.07) is 15.9. The first-order valence-electron chi connectivity index (χ1n) is 7.06. The van der Waals surface area contributed by atoms with E-state index < -0.39 is 6.10 Å². The SMILES string of the molecule is Cc1ccccc1CC(O)c1ccccc1OC(C)C. The van der Waals surface area contributed by atoms with E-state index in [9.17, 15) is 5.11 Å². The van der Waals surface area contributed by atoms with E-state index in [0.717, 1.165) is 11.3 Å². The summed E-state index contributed by atoms with van der Waals surface area (Å²) in [7, 11) is 0. The molecule has 0 aliphatic rings. The van der Waals surface area contributed by atoms with Crippen molar-refractivity contribution in [3.63, 3.8) is 0 Å². The Kier molecular flexibility index (Phi) is 4.80. The Balaban J connectivity index is 2.21. The number of benzene rings is 2. The zero-order valence-corrected chi connectivity index (χ0v) is 12.3. The molecule has 2 aromatic rings. The van der Waals surface area contributed by atoms with Gasteiger partial charge in [-0.25, -0.2) is 0 Å². The van der Waals surface area contributed by atoms with Gasteiger partial charge in [0.15, 0.2) is 0 Å². The van der Waals surface area contributed by atoms with Crippen LogP contribution in [0.4, 0.5) is 0 Å². The fraction of sp³-hybridized carbons (Fsp3) is 0.333. The first-order chi connectivity index (χ1) is 9.58. The summed E-state index contributed by atoms with van der Waals surface area (Å²) in [6.07, 6.45) is 0.151. The van der Waals surface area contributed by atoms with Gasteiger partial charge in [-0.15, -0.1) is 0 Å². The van der Waals surface area contributed by atoms with Crippen molar-refractivity contribution in [1.29, 1.82) is 0 Å². The fourth-order valence-corrected chi connectivity index (χ4v) is 2.27. The Morgan fingerprint density at radius 2 is 1.65 bits per heavy atom. The van der Waals surface area contributed by atoms with Crippen molar-refractivity contribution in [2.24, 2.45) is 0 Å². The smallest absolute Gasteiger partial charge is 0.125 e. The van der Waals surface area contributed by atoms with E-state index in [1.165, 1.54) is 11.1 Å². The van der Waals surface area contributed by atoms with Gasteiger partial charge in [0, 0.05) is 12.0 Å². The minimum Gasteiger partial charge on any atom is -0.491 e. The van der Waals surface area contributed by atoms with Crippen LogP contribution in [-0.4, -0.2) is 11.2 Å². The molecule has 0 heterocycles. The molecule has 0 saturated heterocycles. The average molecular weight is 270 g/mol. The van der Waals surface area contributed by atoms with E-state index in [0.29, 0.717) is 6.42 Å². The second-order valence-corrected chi connectivity index (χ2v) is 5.35. The van der Waals surface area contributed by atoms with Crippen LogP contribution in [0.25, 0.3) is 0 Å². The first kappa shape index (κ1) is 14.6. The van der Waals surface area contributed by atoms with Crippen LogP contribution in [0.15, 0.2) is 48.5 Å². The largest absolute Gasteiger partial charge is 0.491 e. The van der Waals surface area contributed by atoms with Crippen LogP contribution in [0, 0.1) is 6.92 Å². The summed E-state index contributed by atoms with van der Waals surface area (Å²) in [5, 5.41) is 10.5. The Morgan fingerprint density at radius 3 is 2.35 bits per heavy atom. The summed E-state index contributed by atoms with van der Waals surface area (Å²) in [5.41, 5.74) is 3.22. The monoisotopic (exact) mass is 270 g/mol. The lowest BCUT2D eigenvalue weighted by molar-refractivity contribution is 0.166. The van der Waals surface area contributed by atoms with Crippen molar-refractivity contribution in [3.05, 3.63) is 65.2 Å². The lowest BCUT2D eigenvalue weighted by Gasteiger charge is -2.18. The highest BCUT2D eigenvalue weighted by Gasteiger charge is 2.15. The number of hydrogen-bond acceptors (Lipinski definition) is 2. The number of para-hydroxylation sites is 1. The number of aliphatic hydroxyl groups is 1. The van der Waals surface area contributed by atoms with Gasteiger partial charge in [-0.2, -0.15) is 0 Å². The van der Waals surface area contributed by atoms with Gasteiger partial charge in [0.25, 0.3) is 0 Å². The molecule has 0 aromatic heterocycles. The quantitative estimate of drug-likeness (QED) is 0.888. The molecule has 1 N–H and O–H groups in total. The predicted molar refractivity (Wildman–Crippen MR) is 82.0 cm³/mol. The number of rotatable bonds is 5. The van der Waals surface area contributed by atoms with Crippen molar-refractivity contribution in [2.75, 3.05) is 0 Å². The molecule has 2 nitrogen and oxygen atoms in total. The van der Waals surface area contributed by atoms with Crippen LogP contribution in [0.1, 0.15) is 36.6 Å². The van der Waals surface area contributed by atoms with Gasteiger partial charge in [0.1, 0.15) is 5.75 Å². The summed E-state index contributed by atoms with van der Waals surface area (Å²) in [5.74, 6) is 0.767.